The van der Waals surface area contributed by atoms with Crippen LogP contribution < -0.4 is 14.4 Å². The number of aliphatic hydroxyl groups is 1. The van der Waals surface area contributed by atoms with Gasteiger partial charge in [-0.2, -0.15) is 0 Å². The highest BCUT2D eigenvalue weighted by molar-refractivity contribution is 6.37. The largest absolute Gasteiger partial charge is 0.497 e. The summed E-state index contributed by atoms with van der Waals surface area (Å²) >= 11 is 0. The smallest absolute Gasteiger partial charge is 0.337 e. The van der Waals surface area contributed by atoms with Gasteiger partial charge in [0.25, 0.3) is 0 Å². The van der Waals surface area contributed by atoms with Crippen molar-refractivity contribution >= 4 is 34.9 Å². The number of carboxylic acids is 1. The molecule has 218 valence electrons. The second-order valence-electron chi connectivity index (χ2n) is 9.76. The van der Waals surface area contributed by atoms with E-state index >= 15 is 0 Å². The average Bonchev–Trinajstić information content (AvgIpc) is 3.18. The Labute approximate surface area is 242 Å². The van der Waals surface area contributed by atoms with Crippen LogP contribution in [0.25, 0.3) is 5.70 Å². The molecule has 1 aliphatic rings. The van der Waals surface area contributed by atoms with Crippen LogP contribution in [0.4, 0.5) is 5.69 Å². The number of methoxy groups -OCH3 is 2. The lowest BCUT2D eigenvalue weighted by Crippen LogP contribution is -2.52. The predicted octanol–water partition coefficient (Wildman–Crippen LogP) is 4.34. The third-order valence-corrected chi connectivity index (χ3v) is 6.96. The minimum atomic E-state index is -2.69. The van der Waals surface area contributed by atoms with Crippen LogP contribution in [-0.4, -0.2) is 60.3 Å². The van der Waals surface area contributed by atoms with Gasteiger partial charge in [-0.15, -0.1) is 0 Å². The van der Waals surface area contributed by atoms with E-state index in [1.807, 2.05) is 0 Å². The van der Waals surface area contributed by atoms with Crippen molar-refractivity contribution in [3.8, 4) is 11.5 Å². The Morgan fingerprint density at radius 2 is 1.48 bits per heavy atom. The maximum Gasteiger partial charge on any atom is 0.337 e. The van der Waals surface area contributed by atoms with Crippen LogP contribution in [0.5, 0.6) is 11.5 Å². The number of Topliss-reactive ketones (excluding diaryl/α,β-unsaturated/α-hetero) is 2. The number of hydrogen-bond acceptors (Lipinski definition) is 9. The first kappa shape index (κ1) is 30.0. The Kier molecular flexibility index (Phi) is 8.49. The number of carboxylic acid groups (broad SMARTS) is 1. The zero-order valence-corrected chi connectivity index (χ0v) is 23.9. The van der Waals surface area contributed by atoms with E-state index in [2.05, 4.69) is 0 Å². The molecule has 0 saturated carbocycles. The first-order chi connectivity index (χ1) is 20.0. The zero-order valence-electron chi connectivity index (χ0n) is 23.9. The molecule has 0 radical (unpaired) electrons. The van der Waals surface area contributed by atoms with E-state index in [0.717, 1.165) is 4.90 Å². The number of esters is 1. The van der Waals surface area contributed by atoms with Crippen molar-refractivity contribution in [2.45, 2.75) is 32.9 Å². The molecule has 42 heavy (non-hydrogen) atoms. The van der Waals surface area contributed by atoms with Gasteiger partial charge in [-0.05, 0) is 92.1 Å². The number of nitrogens with zero attached hydrogens (tertiary/aromatic N) is 1. The minimum Gasteiger partial charge on any atom is -0.497 e. The van der Waals surface area contributed by atoms with Crippen LogP contribution >= 0.6 is 0 Å². The average molecular weight is 574 g/mol. The zero-order chi connectivity index (χ0) is 30.8. The minimum absolute atomic E-state index is 0.0244. The number of hydrogen-bond donors (Lipinski definition) is 2. The SMILES string of the molecule is CCOC(=O)CC1(O)C(=O)C(C(=O)c2ccc(OC)cc2)=C(c2ccc(OC)cc2)N1c1c(C)cc(C)cc1C(=O)O. The van der Waals surface area contributed by atoms with Crippen molar-refractivity contribution in [2.24, 2.45) is 0 Å². The van der Waals surface area contributed by atoms with Crippen LogP contribution in [0.3, 0.4) is 0 Å². The highest BCUT2D eigenvalue weighted by Crippen LogP contribution is 2.47. The number of carbonyl (C=O) groups is 4. The summed E-state index contributed by atoms with van der Waals surface area (Å²) in [5.74, 6) is -3.08. The lowest BCUT2D eigenvalue weighted by molar-refractivity contribution is -0.152. The molecule has 0 aliphatic carbocycles. The molecule has 1 unspecified atom stereocenters. The van der Waals surface area contributed by atoms with Gasteiger partial charge in [-0.3, -0.25) is 14.4 Å². The van der Waals surface area contributed by atoms with Crippen molar-refractivity contribution < 1.29 is 43.6 Å². The Hall–Kier alpha value is -4.96. The molecule has 1 aliphatic heterocycles. The first-order valence-corrected chi connectivity index (χ1v) is 13.1. The third kappa shape index (κ3) is 5.36. The molecule has 0 fully saturated rings. The molecule has 0 aromatic heterocycles. The van der Waals surface area contributed by atoms with E-state index in [1.165, 1.54) is 32.4 Å². The van der Waals surface area contributed by atoms with E-state index in [0.29, 0.717) is 28.2 Å². The summed E-state index contributed by atoms with van der Waals surface area (Å²) in [7, 11) is 2.95. The Morgan fingerprint density at radius 1 is 0.905 bits per heavy atom. The molecular weight excluding hydrogens is 542 g/mol. The molecule has 0 bridgehead atoms. The number of benzene rings is 3. The Morgan fingerprint density at radius 3 is 2.00 bits per heavy atom. The van der Waals surface area contributed by atoms with Crippen LogP contribution in [0.15, 0.2) is 66.2 Å². The molecule has 3 aromatic rings. The van der Waals surface area contributed by atoms with E-state index in [1.54, 1.807) is 63.2 Å². The monoisotopic (exact) mass is 573 g/mol. The summed E-state index contributed by atoms with van der Waals surface area (Å²) in [6, 6.07) is 15.5. The molecule has 10 heteroatoms. The number of carbonyl (C=O) groups excluding carboxylic acids is 3. The van der Waals surface area contributed by atoms with E-state index < -0.39 is 41.2 Å². The van der Waals surface area contributed by atoms with E-state index in [9.17, 15) is 29.4 Å². The number of anilines is 1. The topological polar surface area (TPSA) is 140 Å². The maximum atomic E-state index is 14.3. The molecule has 0 amide bonds. The first-order valence-electron chi connectivity index (χ1n) is 13.1. The van der Waals surface area contributed by atoms with Crippen molar-refractivity contribution in [2.75, 3.05) is 25.7 Å². The molecule has 4 rings (SSSR count). The van der Waals surface area contributed by atoms with Crippen molar-refractivity contribution in [3.63, 3.8) is 0 Å². The highest BCUT2D eigenvalue weighted by atomic mass is 16.5. The summed E-state index contributed by atoms with van der Waals surface area (Å²) in [6.07, 6.45) is -0.870. The number of aryl methyl sites for hydroxylation is 2. The van der Waals surface area contributed by atoms with Crippen LogP contribution in [-0.2, 0) is 14.3 Å². The van der Waals surface area contributed by atoms with Gasteiger partial charge in [0.2, 0.25) is 11.5 Å². The normalized spacial score (nSPS) is 16.4. The second-order valence-corrected chi connectivity index (χ2v) is 9.76. The molecule has 0 spiro atoms. The van der Waals surface area contributed by atoms with Gasteiger partial charge in [0.1, 0.15) is 17.9 Å². The molecule has 1 atom stereocenters. The molecule has 10 nitrogen and oxygen atoms in total. The van der Waals surface area contributed by atoms with Gasteiger partial charge in [-0.25, -0.2) is 4.79 Å². The second kappa shape index (κ2) is 11.9. The fraction of sp³-hybridized carbons (Fsp3) is 0.250. The van der Waals surface area contributed by atoms with Crippen molar-refractivity contribution in [1.82, 2.24) is 0 Å². The third-order valence-electron chi connectivity index (χ3n) is 6.96. The fourth-order valence-electron chi connectivity index (χ4n) is 5.11. The molecule has 3 aromatic carbocycles. The van der Waals surface area contributed by atoms with Crippen LogP contribution in [0.1, 0.15) is 50.8 Å². The standard InChI is InChI=1S/C32H31NO9/c1-6-42-25(34)17-32(39)30(36)26(29(35)21-9-13-23(41-5)14-10-21)28(20-7-11-22(40-4)12-8-20)33(32)27-19(3)15-18(2)16-24(27)31(37)38/h7-16,39H,6,17H2,1-5H3,(H,37,38). The van der Waals surface area contributed by atoms with Gasteiger partial charge in [0.15, 0.2) is 5.78 Å². The van der Waals surface area contributed by atoms with E-state index in [-0.39, 0.29) is 29.1 Å². The summed E-state index contributed by atoms with van der Waals surface area (Å²) < 4.78 is 15.5. The molecular formula is C32H31NO9. The highest BCUT2D eigenvalue weighted by Gasteiger charge is 2.57. The number of aromatic carboxylic acids is 1. The van der Waals surface area contributed by atoms with Gasteiger partial charge in [0.05, 0.1) is 43.3 Å². The van der Waals surface area contributed by atoms with E-state index in [4.69, 9.17) is 14.2 Å². The van der Waals surface area contributed by atoms with Gasteiger partial charge < -0.3 is 29.3 Å². The summed E-state index contributed by atoms with van der Waals surface area (Å²) in [5, 5.41) is 22.4. The predicted molar refractivity (Wildman–Crippen MR) is 154 cm³/mol. The van der Waals surface area contributed by atoms with Gasteiger partial charge >= 0.3 is 11.9 Å². The molecule has 1 heterocycles. The fourth-order valence-corrected chi connectivity index (χ4v) is 5.11. The molecule has 2 N–H and O–H groups in total. The lowest BCUT2D eigenvalue weighted by Gasteiger charge is -2.37. The number of rotatable bonds is 10. The van der Waals surface area contributed by atoms with Crippen molar-refractivity contribution in [3.05, 3.63) is 94.1 Å². The number of ketones is 2. The van der Waals surface area contributed by atoms with Gasteiger partial charge in [0, 0.05) is 5.56 Å². The van der Waals surface area contributed by atoms with Crippen LogP contribution in [0, 0.1) is 13.8 Å². The van der Waals surface area contributed by atoms with Crippen molar-refractivity contribution in [1.29, 1.82) is 0 Å². The summed E-state index contributed by atoms with van der Waals surface area (Å²) in [6.45, 7) is 4.88. The molecule has 0 saturated heterocycles. The lowest BCUT2D eigenvalue weighted by atomic mass is 9.93. The maximum absolute atomic E-state index is 14.3. The number of ether oxygens (including phenoxy) is 3. The summed E-state index contributed by atoms with van der Waals surface area (Å²) in [4.78, 5) is 54.8. The van der Waals surface area contributed by atoms with Gasteiger partial charge in [-0.1, -0.05) is 6.07 Å². The Bertz CT molecular complexity index is 1590. The quantitative estimate of drug-likeness (QED) is 0.204. The summed E-state index contributed by atoms with van der Waals surface area (Å²) in [5.41, 5.74) is -2.02. The van der Waals surface area contributed by atoms with Crippen LogP contribution in [0.2, 0.25) is 0 Å². The Balaban J connectivity index is 2.10.